The molecule has 1 N–H and O–H groups in total. The van der Waals surface area contributed by atoms with E-state index in [0.29, 0.717) is 19.7 Å². The molecular formula is C17H21NO4. The molecule has 1 heterocycles. The van der Waals surface area contributed by atoms with Crippen LogP contribution in [0.25, 0.3) is 0 Å². The fourth-order valence-electron chi connectivity index (χ4n) is 3.47. The lowest BCUT2D eigenvalue weighted by Crippen LogP contribution is -2.48. The summed E-state index contributed by atoms with van der Waals surface area (Å²) in [5.41, 5.74) is 2.41. The smallest absolute Gasteiger partial charge is 0.306 e. The Labute approximate surface area is 129 Å². The van der Waals surface area contributed by atoms with Gasteiger partial charge in [-0.15, -0.1) is 0 Å². The fraction of sp³-hybridized carbons (Fsp3) is 0.529. The van der Waals surface area contributed by atoms with Crippen LogP contribution in [0, 0.1) is 0 Å². The number of morpholine rings is 1. The molecule has 0 saturated carbocycles. The molecule has 0 bridgehead atoms. The Kier molecular flexibility index (Phi) is 4.43. The molecule has 1 aliphatic carbocycles. The Morgan fingerprint density at radius 3 is 2.95 bits per heavy atom. The number of ether oxygens (including phenoxy) is 1. The van der Waals surface area contributed by atoms with Crippen molar-refractivity contribution in [2.24, 2.45) is 0 Å². The molecule has 1 aromatic carbocycles. The van der Waals surface area contributed by atoms with Crippen LogP contribution in [-0.2, 0) is 20.7 Å². The third kappa shape index (κ3) is 3.14. The van der Waals surface area contributed by atoms with E-state index in [-0.39, 0.29) is 18.2 Å². The van der Waals surface area contributed by atoms with Gasteiger partial charge in [-0.3, -0.25) is 9.59 Å². The molecule has 1 fully saturated rings. The Balaban J connectivity index is 1.73. The highest BCUT2D eigenvalue weighted by Gasteiger charge is 2.33. The molecule has 1 aliphatic heterocycles. The Morgan fingerprint density at radius 1 is 1.32 bits per heavy atom. The van der Waals surface area contributed by atoms with E-state index in [1.54, 1.807) is 4.90 Å². The Morgan fingerprint density at radius 2 is 2.14 bits per heavy atom. The van der Waals surface area contributed by atoms with Gasteiger partial charge in [-0.2, -0.15) is 0 Å². The van der Waals surface area contributed by atoms with E-state index in [0.717, 1.165) is 24.8 Å². The minimum Gasteiger partial charge on any atom is -0.481 e. The maximum Gasteiger partial charge on any atom is 0.306 e. The van der Waals surface area contributed by atoms with Crippen LogP contribution in [0.5, 0.6) is 0 Å². The normalized spacial score (nSPS) is 24.6. The first kappa shape index (κ1) is 15.0. The van der Waals surface area contributed by atoms with E-state index < -0.39 is 12.1 Å². The van der Waals surface area contributed by atoms with Gasteiger partial charge in [0.05, 0.1) is 25.0 Å². The van der Waals surface area contributed by atoms with Crippen molar-refractivity contribution in [3.63, 3.8) is 0 Å². The number of hydrogen-bond donors (Lipinski definition) is 1. The van der Waals surface area contributed by atoms with E-state index in [9.17, 15) is 9.59 Å². The molecule has 1 amide bonds. The van der Waals surface area contributed by atoms with Gasteiger partial charge in [-0.05, 0) is 30.4 Å². The van der Waals surface area contributed by atoms with Crippen LogP contribution < -0.4 is 0 Å². The number of carboxylic acids is 1. The third-order valence-electron chi connectivity index (χ3n) is 4.52. The van der Waals surface area contributed by atoms with E-state index in [1.165, 1.54) is 5.56 Å². The zero-order valence-corrected chi connectivity index (χ0v) is 12.5. The minimum atomic E-state index is -0.887. The van der Waals surface area contributed by atoms with Crippen LogP contribution in [-0.4, -0.2) is 47.7 Å². The average molecular weight is 303 g/mol. The van der Waals surface area contributed by atoms with Crippen LogP contribution in [0.2, 0.25) is 0 Å². The summed E-state index contributed by atoms with van der Waals surface area (Å²) in [4.78, 5) is 25.5. The summed E-state index contributed by atoms with van der Waals surface area (Å²) in [6, 6.07) is 8.15. The van der Waals surface area contributed by atoms with Gasteiger partial charge in [-0.1, -0.05) is 24.3 Å². The van der Waals surface area contributed by atoms with Crippen LogP contribution >= 0.6 is 0 Å². The van der Waals surface area contributed by atoms with E-state index in [4.69, 9.17) is 9.84 Å². The first-order valence-corrected chi connectivity index (χ1v) is 7.85. The molecule has 118 valence electrons. The van der Waals surface area contributed by atoms with Gasteiger partial charge >= 0.3 is 5.97 Å². The van der Waals surface area contributed by atoms with Gasteiger partial charge in [0.15, 0.2) is 0 Å². The molecule has 22 heavy (non-hydrogen) atoms. The quantitative estimate of drug-likeness (QED) is 0.925. The van der Waals surface area contributed by atoms with Crippen molar-refractivity contribution in [1.29, 1.82) is 0 Å². The van der Waals surface area contributed by atoms with Crippen LogP contribution in [0.15, 0.2) is 24.3 Å². The number of carbonyl (C=O) groups is 2. The van der Waals surface area contributed by atoms with Crippen LogP contribution in [0.1, 0.15) is 36.3 Å². The summed E-state index contributed by atoms with van der Waals surface area (Å²) in [7, 11) is 0. The second-order valence-corrected chi connectivity index (χ2v) is 6.02. The monoisotopic (exact) mass is 303 g/mol. The predicted octanol–water partition coefficient (Wildman–Crippen LogP) is 1.81. The van der Waals surface area contributed by atoms with Crippen molar-refractivity contribution in [2.75, 3.05) is 19.7 Å². The maximum atomic E-state index is 12.9. The van der Waals surface area contributed by atoms with Crippen molar-refractivity contribution < 1.29 is 19.4 Å². The fourth-order valence-corrected chi connectivity index (χ4v) is 3.47. The highest BCUT2D eigenvalue weighted by Crippen LogP contribution is 2.33. The number of hydrogen-bond acceptors (Lipinski definition) is 3. The number of amides is 1. The predicted molar refractivity (Wildman–Crippen MR) is 80.7 cm³/mol. The number of benzene rings is 1. The van der Waals surface area contributed by atoms with Crippen molar-refractivity contribution in [1.82, 2.24) is 4.90 Å². The first-order chi connectivity index (χ1) is 10.6. The summed E-state index contributed by atoms with van der Waals surface area (Å²) in [6.45, 7) is 1.34. The van der Waals surface area contributed by atoms with Crippen molar-refractivity contribution >= 4 is 11.9 Å². The summed E-state index contributed by atoms with van der Waals surface area (Å²) < 4.78 is 5.45. The summed E-state index contributed by atoms with van der Waals surface area (Å²) in [5, 5.41) is 8.89. The number of rotatable bonds is 3. The lowest BCUT2D eigenvalue weighted by atomic mass is 9.82. The standard InChI is InChI=1S/C17H21NO4/c19-16(20)10-13-11-18(8-9-22-13)17(21)15-7-3-5-12-4-1-2-6-14(12)15/h1-2,4,6,13,15H,3,5,7-11H2,(H,19,20)/t13-,15-/m0/s1. The second kappa shape index (κ2) is 6.48. The Bertz CT molecular complexity index is 572. The van der Waals surface area contributed by atoms with E-state index in [2.05, 4.69) is 6.07 Å². The molecular weight excluding hydrogens is 282 g/mol. The molecule has 0 spiro atoms. The largest absolute Gasteiger partial charge is 0.481 e. The molecule has 5 nitrogen and oxygen atoms in total. The number of aliphatic carboxylic acids is 1. The zero-order valence-electron chi connectivity index (χ0n) is 12.5. The third-order valence-corrected chi connectivity index (χ3v) is 4.52. The molecule has 1 saturated heterocycles. The molecule has 1 aromatic rings. The molecule has 5 heteroatoms. The van der Waals surface area contributed by atoms with Crippen LogP contribution in [0.4, 0.5) is 0 Å². The van der Waals surface area contributed by atoms with Gasteiger partial charge in [0.2, 0.25) is 5.91 Å². The molecule has 0 aromatic heterocycles. The lowest BCUT2D eigenvalue weighted by molar-refractivity contribution is -0.148. The second-order valence-electron chi connectivity index (χ2n) is 6.02. The van der Waals surface area contributed by atoms with E-state index >= 15 is 0 Å². The highest BCUT2D eigenvalue weighted by molar-refractivity contribution is 5.84. The minimum absolute atomic E-state index is 0.0506. The van der Waals surface area contributed by atoms with Crippen molar-refractivity contribution in [3.05, 3.63) is 35.4 Å². The van der Waals surface area contributed by atoms with Crippen molar-refractivity contribution in [3.8, 4) is 0 Å². The number of carboxylic acid groups (broad SMARTS) is 1. The lowest BCUT2D eigenvalue weighted by Gasteiger charge is -2.36. The molecule has 2 atom stereocenters. The number of fused-ring (bicyclic) bond motifs is 1. The van der Waals surface area contributed by atoms with Crippen molar-refractivity contribution in [2.45, 2.75) is 37.7 Å². The maximum absolute atomic E-state index is 12.9. The molecule has 0 radical (unpaired) electrons. The summed E-state index contributed by atoms with van der Waals surface area (Å²) in [6.07, 6.45) is 2.48. The summed E-state index contributed by atoms with van der Waals surface area (Å²) in [5.74, 6) is -0.860. The average Bonchev–Trinajstić information content (AvgIpc) is 2.53. The number of nitrogens with zero attached hydrogens (tertiary/aromatic N) is 1. The number of carbonyl (C=O) groups excluding carboxylic acids is 1. The summed E-state index contributed by atoms with van der Waals surface area (Å²) >= 11 is 0. The van der Waals surface area contributed by atoms with Gasteiger partial charge in [0.25, 0.3) is 0 Å². The highest BCUT2D eigenvalue weighted by atomic mass is 16.5. The van der Waals surface area contributed by atoms with E-state index in [1.807, 2.05) is 18.2 Å². The Hall–Kier alpha value is -1.88. The number of aryl methyl sites for hydroxylation is 1. The van der Waals surface area contributed by atoms with Crippen LogP contribution in [0.3, 0.4) is 0 Å². The molecule has 3 rings (SSSR count). The van der Waals surface area contributed by atoms with Gasteiger partial charge in [0, 0.05) is 13.1 Å². The van der Waals surface area contributed by atoms with Gasteiger partial charge < -0.3 is 14.7 Å². The molecule has 0 unspecified atom stereocenters. The van der Waals surface area contributed by atoms with Gasteiger partial charge in [0.1, 0.15) is 0 Å². The SMILES string of the molecule is O=C(O)C[C@H]1CN(C(=O)[C@H]2CCCc3ccccc32)CCO1. The van der Waals surface area contributed by atoms with Gasteiger partial charge in [-0.25, -0.2) is 0 Å². The first-order valence-electron chi connectivity index (χ1n) is 7.85. The molecule has 2 aliphatic rings. The zero-order chi connectivity index (χ0) is 15.5. The topological polar surface area (TPSA) is 66.8 Å².